The summed E-state index contributed by atoms with van der Waals surface area (Å²) in [5, 5.41) is 12.0. The number of nitrogens with one attached hydrogen (secondary N) is 1. The molecule has 2 N–H and O–H groups in total. The second kappa shape index (κ2) is 6.74. The largest absolute Gasteiger partial charge is 0.493 e. The molecule has 2 aromatic carbocycles. The summed E-state index contributed by atoms with van der Waals surface area (Å²) in [5.41, 5.74) is 2.15. The highest BCUT2D eigenvalue weighted by atomic mass is 16.5. The van der Waals surface area contributed by atoms with Gasteiger partial charge in [0, 0.05) is 11.3 Å². The quantitative estimate of drug-likeness (QED) is 0.903. The van der Waals surface area contributed by atoms with Gasteiger partial charge in [-0.3, -0.25) is 9.59 Å². The molecule has 2 unspecified atom stereocenters. The molecule has 0 aromatic heterocycles. The maximum atomic E-state index is 12.7. The van der Waals surface area contributed by atoms with Crippen molar-refractivity contribution in [1.29, 1.82) is 0 Å². The number of fused-ring (bicyclic) bond motifs is 1. The summed E-state index contributed by atoms with van der Waals surface area (Å²) in [7, 11) is 0. The monoisotopic (exact) mass is 325 g/mol. The van der Waals surface area contributed by atoms with Crippen LogP contribution in [0, 0.1) is 0 Å². The number of carbonyl (C=O) groups is 2. The van der Waals surface area contributed by atoms with E-state index >= 15 is 0 Å². The molecule has 0 aliphatic carbocycles. The molecule has 5 heteroatoms. The summed E-state index contributed by atoms with van der Waals surface area (Å²) in [5.74, 6) is -1.14. The third kappa shape index (κ3) is 3.25. The number of hydrogen-bond donors (Lipinski definition) is 2. The molecule has 0 fully saturated rings. The molecule has 3 rings (SSSR count). The number of benzene rings is 2. The Hall–Kier alpha value is -2.82. The third-order valence-electron chi connectivity index (χ3n) is 4.30. The van der Waals surface area contributed by atoms with E-state index < -0.39 is 11.9 Å². The van der Waals surface area contributed by atoms with Gasteiger partial charge in [0.25, 0.3) is 0 Å². The smallest absolute Gasteiger partial charge is 0.310 e. The van der Waals surface area contributed by atoms with Crippen molar-refractivity contribution in [2.75, 3.05) is 11.9 Å². The molecule has 2 atom stereocenters. The Labute approximate surface area is 140 Å². The first-order valence-electron chi connectivity index (χ1n) is 7.91. The maximum Gasteiger partial charge on any atom is 0.310 e. The van der Waals surface area contributed by atoms with E-state index in [9.17, 15) is 9.59 Å². The second-order valence-electron chi connectivity index (χ2n) is 5.90. The average Bonchev–Trinajstić information content (AvgIpc) is 2.60. The minimum absolute atomic E-state index is 0.106. The molecule has 0 saturated carbocycles. The Morgan fingerprint density at radius 3 is 2.79 bits per heavy atom. The standard InChI is InChI=1S/C19H19NO4/c1-12(19(22)23)13-5-4-6-14(11-13)20-18(21)16-9-10-24-17-8-3-2-7-15(16)17/h2-8,11-12,16H,9-10H2,1H3,(H,20,21)(H,22,23). The number of carboxylic acids is 1. The number of carbonyl (C=O) groups excluding carboxylic acids is 1. The van der Waals surface area contributed by atoms with Crippen LogP contribution in [0.5, 0.6) is 5.75 Å². The average molecular weight is 325 g/mol. The van der Waals surface area contributed by atoms with Crippen molar-refractivity contribution in [3.63, 3.8) is 0 Å². The number of hydrogen-bond acceptors (Lipinski definition) is 3. The van der Waals surface area contributed by atoms with Crippen molar-refractivity contribution in [2.24, 2.45) is 0 Å². The molecule has 5 nitrogen and oxygen atoms in total. The molecule has 1 aliphatic rings. The van der Waals surface area contributed by atoms with Crippen LogP contribution in [0.1, 0.15) is 36.3 Å². The molecule has 1 heterocycles. The van der Waals surface area contributed by atoms with Crippen LogP contribution >= 0.6 is 0 Å². The summed E-state index contributed by atoms with van der Waals surface area (Å²) in [6.07, 6.45) is 0.619. The van der Waals surface area contributed by atoms with Gasteiger partial charge in [-0.2, -0.15) is 0 Å². The third-order valence-corrected chi connectivity index (χ3v) is 4.30. The van der Waals surface area contributed by atoms with E-state index in [1.165, 1.54) is 0 Å². The van der Waals surface area contributed by atoms with Gasteiger partial charge in [-0.05, 0) is 37.1 Å². The summed E-state index contributed by atoms with van der Waals surface area (Å²) in [6, 6.07) is 14.5. The molecule has 0 saturated heterocycles. The van der Waals surface area contributed by atoms with Crippen LogP contribution in [0.15, 0.2) is 48.5 Å². The van der Waals surface area contributed by atoms with Crippen LogP contribution in [0.2, 0.25) is 0 Å². The van der Waals surface area contributed by atoms with E-state index in [4.69, 9.17) is 9.84 Å². The van der Waals surface area contributed by atoms with Crippen LogP contribution in [-0.4, -0.2) is 23.6 Å². The van der Waals surface area contributed by atoms with Crippen LogP contribution in [-0.2, 0) is 9.59 Å². The van der Waals surface area contributed by atoms with Gasteiger partial charge in [0.15, 0.2) is 0 Å². The summed E-state index contributed by atoms with van der Waals surface area (Å²) < 4.78 is 5.59. The van der Waals surface area contributed by atoms with Crippen LogP contribution in [0.3, 0.4) is 0 Å². The Balaban J connectivity index is 1.79. The van der Waals surface area contributed by atoms with Crippen molar-refractivity contribution < 1.29 is 19.4 Å². The number of amides is 1. The van der Waals surface area contributed by atoms with Gasteiger partial charge < -0.3 is 15.2 Å². The molecular weight excluding hydrogens is 306 g/mol. The molecule has 1 aliphatic heterocycles. The van der Waals surface area contributed by atoms with Crippen molar-refractivity contribution in [2.45, 2.75) is 25.2 Å². The van der Waals surface area contributed by atoms with Crippen molar-refractivity contribution in [1.82, 2.24) is 0 Å². The maximum absolute atomic E-state index is 12.7. The first-order chi connectivity index (χ1) is 11.6. The van der Waals surface area contributed by atoms with E-state index in [1.54, 1.807) is 31.2 Å². The van der Waals surface area contributed by atoms with Crippen molar-refractivity contribution in [3.05, 3.63) is 59.7 Å². The molecule has 0 bridgehead atoms. The molecule has 1 amide bonds. The predicted octanol–water partition coefficient (Wildman–Crippen LogP) is 3.38. The first kappa shape index (κ1) is 16.1. The van der Waals surface area contributed by atoms with Gasteiger partial charge in [0.1, 0.15) is 5.75 Å². The van der Waals surface area contributed by atoms with Gasteiger partial charge in [-0.15, -0.1) is 0 Å². The Bertz CT molecular complexity index is 771. The number of anilines is 1. The lowest BCUT2D eigenvalue weighted by Gasteiger charge is -2.25. The lowest BCUT2D eigenvalue weighted by Crippen LogP contribution is -2.26. The van der Waals surface area contributed by atoms with Crippen LogP contribution in [0.4, 0.5) is 5.69 Å². The lowest BCUT2D eigenvalue weighted by molar-refractivity contribution is -0.138. The van der Waals surface area contributed by atoms with Gasteiger partial charge >= 0.3 is 5.97 Å². The van der Waals surface area contributed by atoms with Crippen molar-refractivity contribution >= 4 is 17.6 Å². The lowest BCUT2D eigenvalue weighted by atomic mass is 9.92. The zero-order valence-corrected chi connectivity index (χ0v) is 13.4. The minimum atomic E-state index is -0.892. The zero-order valence-electron chi connectivity index (χ0n) is 13.4. The van der Waals surface area contributed by atoms with Gasteiger partial charge in [-0.1, -0.05) is 30.3 Å². The molecule has 124 valence electrons. The number of carboxylic acid groups (broad SMARTS) is 1. The summed E-state index contributed by atoms with van der Waals surface area (Å²) in [4.78, 5) is 23.8. The fraction of sp³-hybridized carbons (Fsp3) is 0.263. The summed E-state index contributed by atoms with van der Waals surface area (Å²) >= 11 is 0. The predicted molar refractivity (Wildman–Crippen MR) is 90.4 cm³/mol. The van der Waals surface area contributed by atoms with Crippen molar-refractivity contribution in [3.8, 4) is 5.75 Å². The van der Waals surface area contributed by atoms with Gasteiger partial charge in [0.2, 0.25) is 5.91 Å². The van der Waals surface area contributed by atoms with Gasteiger partial charge in [-0.25, -0.2) is 0 Å². The first-order valence-corrected chi connectivity index (χ1v) is 7.91. The highest BCUT2D eigenvalue weighted by Gasteiger charge is 2.27. The molecule has 0 spiro atoms. The number of ether oxygens (including phenoxy) is 1. The molecule has 24 heavy (non-hydrogen) atoms. The summed E-state index contributed by atoms with van der Waals surface area (Å²) in [6.45, 7) is 2.13. The van der Waals surface area contributed by atoms with E-state index in [0.717, 1.165) is 11.3 Å². The normalized spacial score (nSPS) is 17.3. The second-order valence-corrected chi connectivity index (χ2v) is 5.90. The van der Waals surface area contributed by atoms with Crippen LogP contribution in [0.25, 0.3) is 0 Å². The fourth-order valence-corrected chi connectivity index (χ4v) is 2.87. The Kier molecular flexibility index (Phi) is 4.51. The number of para-hydroxylation sites is 1. The molecule has 0 radical (unpaired) electrons. The fourth-order valence-electron chi connectivity index (χ4n) is 2.87. The Morgan fingerprint density at radius 1 is 1.21 bits per heavy atom. The highest BCUT2D eigenvalue weighted by molar-refractivity contribution is 5.96. The van der Waals surface area contributed by atoms with E-state index in [-0.39, 0.29) is 11.8 Å². The number of aliphatic carboxylic acids is 1. The zero-order chi connectivity index (χ0) is 17.1. The topological polar surface area (TPSA) is 75.6 Å². The SMILES string of the molecule is CC(C(=O)O)c1cccc(NC(=O)C2CCOc3ccccc32)c1. The highest BCUT2D eigenvalue weighted by Crippen LogP contribution is 2.34. The minimum Gasteiger partial charge on any atom is -0.493 e. The van der Waals surface area contributed by atoms with E-state index in [1.807, 2.05) is 24.3 Å². The number of rotatable bonds is 4. The van der Waals surface area contributed by atoms with E-state index in [0.29, 0.717) is 24.3 Å². The molecule has 2 aromatic rings. The molecular formula is C19H19NO4. The van der Waals surface area contributed by atoms with Crippen LogP contribution < -0.4 is 10.1 Å². The Morgan fingerprint density at radius 2 is 2.00 bits per heavy atom. The van der Waals surface area contributed by atoms with Gasteiger partial charge in [0.05, 0.1) is 18.4 Å². The van der Waals surface area contributed by atoms with E-state index in [2.05, 4.69) is 5.32 Å².